The number of hydrogen-bond acceptors (Lipinski definition) is 3. The number of likely N-dealkylation sites (tertiary alicyclic amines) is 1. The van der Waals surface area contributed by atoms with Gasteiger partial charge in [0.2, 0.25) is 0 Å². The van der Waals surface area contributed by atoms with Gasteiger partial charge in [-0.1, -0.05) is 41.9 Å². The lowest BCUT2D eigenvalue weighted by molar-refractivity contribution is -0.125. The van der Waals surface area contributed by atoms with Gasteiger partial charge in [0.1, 0.15) is 24.0 Å². The van der Waals surface area contributed by atoms with Crippen LogP contribution in [0.3, 0.4) is 0 Å². The lowest BCUT2D eigenvalue weighted by atomic mass is 10.1. The Labute approximate surface area is 158 Å². The molecule has 1 fully saturated rings. The standard InChI is InChI=1S/C21H19ClN2O2/c22-20-9-2-1-7-17(20)15-26-19-8-5-6-16(13-19)12-18(14-23)21(25)24-10-3-4-11-24/h1-2,5-9,12-13H,3-4,10-11,15H2/b18-12+. The Bertz CT molecular complexity index is 864. The summed E-state index contributed by atoms with van der Waals surface area (Å²) in [7, 11) is 0. The van der Waals surface area contributed by atoms with Crippen LogP contribution in [-0.4, -0.2) is 23.9 Å². The van der Waals surface area contributed by atoms with E-state index in [9.17, 15) is 10.1 Å². The predicted octanol–water partition coefficient (Wildman–Crippen LogP) is 4.45. The van der Waals surface area contributed by atoms with Crippen molar-refractivity contribution in [3.8, 4) is 11.8 Å². The van der Waals surface area contributed by atoms with Gasteiger partial charge in [-0.3, -0.25) is 4.79 Å². The van der Waals surface area contributed by atoms with E-state index in [1.807, 2.05) is 54.6 Å². The number of amides is 1. The second kappa shape index (κ2) is 8.55. The molecule has 0 unspecified atom stereocenters. The molecule has 0 radical (unpaired) electrons. The first-order chi connectivity index (χ1) is 12.7. The molecule has 1 saturated heterocycles. The van der Waals surface area contributed by atoms with Crippen LogP contribution < -0.4 is 4.74 Å². The zero-order valence-electron chi connectivity index (χ0n) is 14.3. The van der Waals surface area contributed by atoms with E-state index in [2.05, 4.69) is 0 Å². The summed E-state index contributed by atoms with van der Waals surface area (Å²) < 4.78 is 5.80. The molecule has 0 aromatic heterocycles. The molecular weight excluding hydrogens is 348 g/mol. The number of carbonyl (C=O) groups excluding carboxylic acids is 1. The summed E-state index contributed by atoms with van der Waals surface area (Å²) in [6.07, 6.45) is 3.61. The highest BCUT2D eigenvalue weighted by Gasteiger charge is 2.21. The molecule has 1 heterocycles. The van der Waals surface area contributed by atoms with Gasteiger partial charge in [0.25, 0.3) is 5.91 Å². The highest BCUT2D eigenvalue weighted by Crippen LogP contribution is 2.21. The lowest BCUT2D eigenvalue weighted by Gasteiger charge is -2.14. The number of nitriles is 1. The molecule has 2 aromatic rings. The molecule has 0 aliphatic carbocycles. The van der Waals surface area contributed by atoms with Gasteiger partial charge in [0, 0.05) is 23.7 Å². The molecule has 26 heavy (non-hydrogen) atoms. The molecular formula is C21H19ClN2O2. The minimum Gasteiger partial charge on any atom is -0.489 e. The first-order valence-electron chi connectivity index (χ1n) is 8.55. The van der Waals surface area contributed by atoms with Crippen molar-refractivity contribution in [2.45, 2.75) is 19.4 Å². The Morgan fingerprint density at radius 1 is 1.19 bits per heavy atom. The van der Waals surface area contributed by atoms with E-state index in [1.165, 1.54) is 0 Å². The molecule has 4 nitrogen and oxygen atoms in total. The van der Waals surface area contributed by atoms with E-state index in [4.69, 9.17) is 16.3 Å². The third-order valence-electron chi connectivity index (χ3n) is 4.27. The van der Waals surface area contributed by atoms with Crippen molar-refractivity contribution in [1.82, 2.24) is 4.90 Å². The zero-order chi connectivity index (χ0) is 18.4. The summed E-state index contributed by atoms with van der Waals surface area (Å²) in [5.74, 6) is 0.456. The molecule has 1 amide bonds. The van der Waals surface area contributed by atoms with Gasteiger partial charge >= 0.3 is 0 Å². The molecule has 0 bridgehead atoms. The fourth-order valence-electron chi connectivity index (χ4n) is 2.87. The van der Waals surface area contributed by atoms with E-state index < -0.39 is 0 Å². The number of carbonyl (C=O) groups is 1. The van der Waals surface area contributed by atoms with Crippen LogP contribution in [0.2, 0.25) is 5.02 Å². The number of ether oxygens (including phenoxy) is 1. The van der Waals surface area contributed by atoms with Crippen molar-refractivity contribution >= 4 is 23.6 Å². The number of halogens is 1. The van der Waals surface area contributed by atoms with Crippen molar-refractivity contribution in [3.05, 3.63) is 70.3 Å². The van der Waals surface area contributed by atoms with E-state index in [1.54, 1.807) is 11.0 Å². The summed E-state index contributed by atoms with van der Waals surface area (Å²) in [5, 5.41) is 10.0. The van der Waals surface area contributed by atoms with Crippen LogP contribution in [0.25, 0.3) is 6.08 Å². The zero-order valence-corrected chi connectivity index (χ0v) is 15.1. The van der Waals surface area contributed by atoms with Crippen molar-refractivity contribution in [1.29, 1.82) is 5.26 Å². The third-order valence-corrected chi connectivity index (χ3v) is 4.63. The molecule has 1 aliphatic heterocycles. The summed E-state index contributed by atoms with van der Waals surface area (Å²) in [5.41, 5.74) is 1.80. The van der Waals surface area contributed by atoms with Crippen LogP contribution in [0.15, 0.2) is 54.1 Å². The Kier molecular flexibility index (Phi) is 5.93. The maximum Gasteiger partial charge on any atom is 0.264 e. The van der Waals surface area contributed by atoms with Gasteiger partial charge in [0.15, 0.2) is 0 Å². The van der Waals surface area contributed by atoms with E-state index in [-0.39, 0.29) is 11.5 Å². The first kappa shape index (κ1) is 18.0. The smallest absolute Gasteiger partial charge is 0.264 e. The van der Waals surface area contributed by atoms with Gasteiger partial charge in [-0.05, 0) is 42.7 Å². The average Bonchev–Trinajstić information content (AvgIpc) is 3.20. The van der Waals surface area contributed by atoms with Gasteiger partial charge in [0.05, 0.1) is 0 Å². The van der Waals surface area contributed by atoms with E-state index in [0.29, 0.717) is 17.4 Å². The molecule has 2 aromatic carbocycles. The van der Waals surface area contributed by atoms with Gasteiger partial charge in [-0.15, -0.1) is 0 Å². The fourth-order valence-corrected chi connectivity index (χ4v) is 3.06. The quantitative estimate of drug-likeness (QED) is 0.580. The molecule has 0 N–H and O–H groups in total. The topological polar surface area (TPSA) is 53.3 Å². The van der Waals surface area contributed by atoms with Crippen LogP contribution in [0.5, 0.6) is 5.75 Å². The summed E-state index contributed by atoms with van der Waals surface area (Å²) >= 11 is 6.14. The van der Waals surface area contributed by atoms with Crippen molar-refractivity contribution in [2.24, 2.45) is 0 Å². The lowest BCUT2D eigenvalue weighted by Crippen LogP contribution is -2.28. The van der Waals surface area contributed by atoms with Crippen LogP contribution in [0, 0.1) is 11.3 Å². The first-order valence-corrected chi connectivity index (χ1v) is 8.92. The Hall–Kier alpha value is -2.77. The number of nitrogens with zero attached hydrogens (tertiary/aromatic N) is 2. The van der Waals surface area contributed by atoms with E-state index in [0.717, 1.165) is 37.1 Å². The van der Waals surface area contributed by atoms with Crippen LogP contribution in [-0.2, 0) is 11.4 Å². The predicted molar refractivity (Wildman–Crippen MR) is 102 cm³/mol. The summed E-state index contributed by atoms with van der Waals surface area (Å²) in [4.78, 5) is 14.1. The molecule has 132 valence electrons. The Balaban J connectivity index is 1.72. The minimum atomic E-state index is -0.201. The minimum absolute atomic E-state index is 0.148. The third kappa shape index (κ3) is 4.44. The average molecular weight is 367 g/mol. The second-order valence-corrected chi connectivity index (χ2v) is 6.53. The van der Waals surface area contributed by atoms with Gasteiger partial charge < -0.3 is 9.64 Å². The molecule has 0 saturated carbocycles. The van der Waals surface area contributed by atoms with Gasteiger partial charge in [-0.25, -0.2) is 0 Å². The molecule has 0 atom stereocenters. The molecule has 3 rings (SSSR count). The van der Waals surface area contributed by atoms with Crippen molar-refractivity contribution in [2.75, 3.05) is 13.1 Å². The number of rotatable bonds is 5. The van der Waals surface area contributed by atoms with Crippen molar-refractivity contribution in [3.63, 3.8) is 0 Å². The van der Waals surface area contributed by atoms with Crippen LogP contribution >= 0.6 is 11.6 Å². The molecule has 0 spiro atoms. The van der Waals surface area contributed by atoms with Crippen LogP contribution in [0.1, 0.15) is 24.0 Å². The largest absolute Gasteiger partial charge is 0.489 e. The maximum absolute atomic E-state index is 12.4. The Morgan fingerprint density at radius 3 is 2.69 bits per heavy atom. The molecule has 5 heteroatoms. The van der Waals surface area contributed by atoms with Crippen molar-refractivity contribution < 1.29 is 9.53 Å². The Morgan fingerprint density at radius 2 is 1.96 bits per heavy atom. The number of benzene rings is 2. The SMILES string of the molecule is N#C/C(=C\c1cccc(OCc2ccccc2Cl)c1)C(=O)N1CCCC1. The number of hydrogen-bond donors (Lipinski definition) is 0. The van der Waals surface area contributed by atoms with Crippen LogP contribution in [0.4, 0.5) is 0 Å². The fraction of sp³-hybridized carbons (Fsp3) is 0.238. The second-order valence-electron chi connectivity index (χ2n) is 6.12. The van der Waals surface area contributed by atoms with E-state index >= 15 is 0 Å². The maximum atomic E-state index is 12.4. The normalized spacial score (nSPS) is 14.2. The summed E-state index contributed by atoms with van der Waals surface area (Å²) in [6, 6.07) is 16.9. The molecule has 1 aliphatic rings. The monoisotopic (exact) mass is 366 g/mol. The highest BCUT2D eigenvalue weighted by molar-refractivity contribution is 6.31. The summed E-state index contributed by atoms with van der Waals surface area (Å²) in [6.45, 7) is 1.79. The van der Waals surface area contributed by atoms with Gasteiger partial charge in [-0.2, -0.15) is 5.26 Å². The highest BCUT2D eigenvalue weighted by atomic mass is 35.5.